The van der Waals surface area contributed by atoms with Gasteiger partial charge in [-0.3, -0.25) is 0 Å². The van der Waals surface area contributed by atoms with Crippen molar-refractivity contribution >= 4 is 5.69 Å². The van der Waals surface area contributed by atoms with E-state index in [4.69, 9.17) is 4.74 Å². The molecule has 2 aromatic rings. The number of benzene rings is 2. The molecular weight excluding hydrogens is 246 g/mol. The van der Waals surface area contributed by atoms with Crippen molar-refractivity contribution in [1.82, 2.24) is 0 Å². The highest BCUT2D eigenvalue weighted by atomic mass is 16.5. The molecule has 1 atom stereocenters. The standard InChI is InChI=1S/C18H23NO/c1-13-5-9-18(10-6-13)20-16(4)12-19-17-8-7-14(2)15(3)11-17/h5-11,16,19H,12H2,1-4H3/t16-/m0/s1. The van der Waals surface area contributed by atoms with E-state index >= 15 is 0 Å². The van der Waals surface area contributed by atoms with E-state index in [1.807, 2.05) is 12.1 Å². The van der Waals surface area contributed by atoms with E-state index in [1.54, 1.807) is 0 Å². The van der Waals surface area contributed by atoms with Gasteiger partial charge in [-0.2, -0.15) is 0 Å². The van der Waals surface area contributed by atoms with E-state index in [1.165, 1.54) is 16.7 Å². The fourth-order valence-electron chi connectivity index (χ4n) is 2.00. The van der Waals surface area contributed by atoms with Crippen molar-refractivity contribution in [2.24, 2.45) is 0 Å². The fraction of sp³-hybridized carbons (Fsp3) is 0.333. The maximum atomic E-state index is 5.88. The first-order chi connectivity index (χ1) is 9.54. The highest BCUT2D eigenvalue weighted by Gasteiger charge is 2.04. The van der Waals surface area contributed by atoms with Gasteiger partial charge in [0.25, 0.3) is 0 Å². The molecule has 2 nitrogen and oxygen atoms in total. The predicted octanol–water partition coefficient (Wildman–Crippen LogP) is 4.49. The van der Waals surface area contributed by atoms with Crippen molar-refractivity contribution in [3.63, 3.8) is 0 Å². The molecular formula is C18H23NO. The van der Waals surface area contributed by atoms with Crippen molar-refractivity contribution in [3.05, 3.63) is 59.2 Å². The smallest absolute Gasteiger partial charge is 0.119 e. The molecule has 1 N–H and O–H groups in total. The molecule has 0 aliphatic carbocycles. The molecule has 0 aliphatic heterocycles. The van der Waals surface area contributed by atoms with Crippen LogP contribution in [0.2, 0.25) is 0 Å². The van der Waals surface area contributed by atoms with Crippen molar-refractivity contribution < 1.29 is 4.74 Å². The third-order valence-corrected chi connectivity index (χ3v) is 3.46. The van der Waals surface area contributed by atoms with Gasteiger partial charge >= 0.3 is 0 Å². The molecule has 0 heterocycles. The number of hydrogen-bond donors (Lipinski definition) is 1. The summed E-state index contributed by atoms with van der Waals surface area (Å²) in [6, 6.07) is 14.6. The van der Waals surface area contributed by atoms with Crippen LogP contribution in [-0.4, -0.2) is 12.6 Å². The van der Waals surface area contributed by atoms with Gasteiger partial charge in [0.1, 0.15) is 11.9 Å². The topological polar surface area (TPSA) is 21.3 Å². The Kier molecular flexibility index (Phi) is 4.67. The Morgan fingerprint density at radius 1 is 0.950 bits per heavy atom. The van der Waals surface area contributed by atoms with E-state index in [2.05, 4.69) is 63.3 Å². The van der Waals surface area contributed by atoms with Crippen LogP contribution in [0.4, 0.5) is 5.69 Å². The molecule has 0 bridgehead atoms. The lowest BCUT2D eigenvalue weighted by Gasteiger charge is -2.17. The minimum atomic E-state index is 0.124. The lowest BCUT2D eigenvalue weighted by atomic mass is 10.1. The summed E-state index contributed by atoms with van der Waals surface area (Å²) in [5.41, 5.74) is 5.02. The Morgan fingerprint density at radius 2 is 1.65 bits per heavy atom. The van der Waals surface area contributed by atoms with Gasteiger partial charge in [0, 0.05) is 5.69 Å². The van der Waals surface area contributed by atoms with Crippen LogP contribution in [0.3, 0.4) is 0 Å². The van der Waals surface area contributed by atoms with Crippen LogP contribution in [0.1, 0.15) is 23.6 Å². The van der Waals surface area contributed by atoms with E-state index in [0.717, 1.165) is 18.0 Å². The molecule has 2 heteroatoms. The number of hydrogen-bond acceptors (Lipinski definition) is 2. The maximum absolute atomic E-state index is 5.88. The second-order valence-corrected chi connectivity index (χ2v) is 5.42. The molecule has 0 aromatic heterocycles. The second kappa shape index (κ2) is 6.47. The second-order valence-electron chi connectivity index (χ2n) is 5.42. The molecule has 106 valence electrons. The number of ether oxygens (including phenoxy) is 1. The summed E-state index contributed by atoms with van der Waals surface area (Å²) < 4.78 is 5.88. The van der Waals surface area contributed by atoms with Gasteiger partial charge in [-0.1, -0.05) is 23.8 Å². The lowest BCUT2D eigenvalue weighted by Crippen LogP contribution is -2.22. The summed E-state index contributed by atoms with van der Waals surface area (Å²) in [5.74, 6) is 0.921. The van der Waals surface area contributed by atoms with E-state index < -0.39 is 0 Å². The summed E-state index contributed by atoms with van der Waals surface area (Å²) in [6.45, 7) is 9.20. The molecule has 0 saturated heterocycles. The third kappa shape index (κ3) is 4.02. The average molecular weight is 269 g/mol. The Hall–Kier alpha value is -1.96. The van der Waals surface area contributed by atoms with Crippen LogP contribution in [0.5, 0.6) is 5.75 Å². The fourth-order valence-corrected chi connectivity index (χ4v) is 2.00. The molecule has 0 radical (unpaired) electrons. The molecule has 0 spiro atoms. The summed E-state index contributed by atoms with van der Waals surface area (Å²) >= 11 is 0. The first-order valence-corrected chi connectivity index (χ1v) is 7.09. The molecule has 0 unspecified atom stereocenters. The van der Waals surface area contributed by atoms with Gasteiger partial charge in [-0.15, -0.1) is 0 Å². The van der Waals surface area contributed by atoms with Crippen molar-refractivity contribution in [2.45, 2.75) is 33.8 Å². The molecule has 2 rings (SSSR count). The average Bonchev–Trinajstić information content (AvgIpc) is 2.43. The van der Waals surface area contributed by atoms with Gasteiger partial charge in [0.15, 0.2) is 0 Å². The maximum Gasteiger partial charge on any atom is 0.119 e. The lowest BCUT2D eigenvalue weighted by molar-refractivity contribution is 0.234. The summed E-state index contributed by atoms with van der Waals surface area (Å²) in [4.78, 5) is 0. The normalized spacial score (nSPS) is 12.0. The van der Waals surface area contributed by atoms with Gasteiger partial charge in [0.05, 0.1) is 6.54 Å². The molecule has 0 saturated carbocycles. The van der Waals surface area contributed by atoms with Crippen LogP contribution in [0.25, 0.3) is 0 Å². The Labute approximate surface area is 121 Å². The molecule has 20 heavy (non-hydrogen) atoms. The zero-order chi connectivity index (χ0) is 14.5. The van der Waals surface area contributed by atoms with Crippen molar-refractivity contribution in [1.29, 1.82) is 0 Å². The van der Waals surface area contributed by atoms with E-state index in [-0.39, 0.29) is 6.10 Å². The Bertz CT molecular complexity index is 560. The number of anilines is 1. The minimum Gasteiger partial charge on any atom is -0.489 e. The Morgan fingerprint density at radius 3 is 2.30 bits per heavy atom. The van der Waals surface area contributed by atoms with Crippen LogP contribution >= 0.6 is 0 Å². The van der Waals surface area contributed by atoms with E-state index in [0.29, 0.717) is 0 Å². The van der Waals surface area contributed by atoms with Gasteiger partial charge in [-0.25, -0.2) is 0 Å². The summed E-state index contributed by atoms with van der Waals surface area (Å²) in [7, 11) is 0. The highest BCUT2D eigenvalue weighted by molar-refractivity contribution is 5.48. The molecule has 2 aromatic carbocycles. The monoisotopic (exact) mass is 269 g/mol. The van der Waals surface area contributed by atoms with Gasteiger partial charge in [-0.05, 0) is 63.1 Å². The summed E-state index contributed by atoms with van der Waals surface area (Å²) in [6.07, 6.45) is 0.124. The highest BCUT2D eigenvalue weighted by Crippen LogP contribution is 2.16. The van der Waals surface area contributed by atoms with Gasteiger partial charge in [0.2, 0.25) is 0 Å². The van der Waals surface area contributed by atoms with Crippen LogP contribution in [0, 0.1) is 20.8 Å². The van der Waals surface area contributed by atoms with Crippen LogP contribution < -0.4 is 10.1 Å². The zero-order valence-corrected chi connectivity index (χ0v) is 12.7. The number of rotatable bonds is 5. The van der Waals surface area contributed by atoms with Crippen molar-refractivity contribution in [3.8, 4) is 5.75 Å². The third-order valence-electron chi connectivity index (χ3n) is 3.46. The molecule has 0 fully saturated rings. The minimum absolute atomic E-state index is 0.124. The summed E-state index contributed by atoms with van der Waals surface area (Å²) in [5, 5.41) is 3.42. The first-order valence-electron chi connectivity index (χ1n) is 7.09. The van der Waals surface area contributed by atoms with Crippen molar-refractivity contribution in [2.75, 3.05) is 11.9 Å². The quantitative estimate of drug-likeness (QED) is 0.863. The zero-order valence-electron chi connectivity index (χ0n) is 12.7. The van der Waals surface area contributed by atoms with E-state index in [9.17, 15) is 0 Å². The van der Waals surface area contributed by atoms with Crippen LogP contribution in [-0.2, 0) is 0 Å². The SMILES string of the molecule is Cc1ccc(O[C@@H](C)CNc2ccc(C)c(C)c2)cc1. The largest absolute Gasteiger partial charge is 0.489 e. The number of nitrogens with one attached hydrogen (secondary N) is 1. The first kappa shape index (κ1) is 14.4. The van der Waals surface area contributed by atoms with Gasteiger partial charge < -0.3 is 10.1 Å². The molecule has 0 amide bonds. The predicted molar refractivity (Wildman–Crippen MR) is 85.7 cm³/mol. The Balaban J connectivity index is 1.86. The number of aryl methyl sites for hydroxylation is 3. The van der Waals surface area contributed by atoms with Crippen LogP contribution in [0.15, 0.2) is 42.5 Å². The molecule has 0 aliphatic rings.